The van der Waals surface area contributed by atoms with Crippen molar-refractivity contribution in [2.24, 2.45) is 0 Å². The van der Waals surface area contributed by atoms with Gasteiger partial charge in [0.15, 0.2) is 5.16 Å². The molecule has 32 heavy (non-hydrogen) atoms. The molecule has 1 aromatic heterocycles. The van der Waals surface area contributed by atoms with E-state index in [-0.39, 0.29) is 11.7 Å². The Bertz CT molecular complexity index is 1110. The fraction of sp³-hybridized carbons (Fsp3) is 0.0833. The summed E-state index contributed by atoms with van der Waals surface area (Å²) >= 11 is 1.25. The number of carbonyl (C=O) groups is 1. The third-order valence-corrected chi connectivity index (χ3v) is 5.19. The molecule has 3 N–H and O–H groups in total. The van der Waals surface area contributed by atoms with E-state index in [0.29, 0.717) is 17.1 Å². The number of hydrogen-bond acceptors (Lipinski definition) is 7. The topological polar surface area (TPSA) is 91.8 Å². The summed E-state index contributed by atoms with van der Waals surface area (Å²) in [6.45, 7) is 2.00. The molecule has 0 fully saturated rings. The molecule has 0 aliphatic carbocycles. The second-order valence-electron chi connectivity index (χ2n) is 6.95. The summed E-state index contributed by atoms with van der Waals surface area (Å²) in [4.78, 5) is 25.8. The van der Waals surface area contributed by atoms with Gasteiger partial charge in [-0.2, -0.15) is 15.0 Å². The molecule has 0 aliphatic heterocycles. The molecule has 0 atom stereocenters. The number of anilines is 5. The maximum Gasteiger partial charge on any atom is 0.234 e. The summed E-state index contributed by atoms with van der Waals surface area (Å²) in [7, 11) is 0. The highest BCUT2D eigenvalue weighted by molar-refractivity contribution is 7.99. The Hall–Kier alpha value is -3.91. The standard InChI is InChI=1S/C24H22N6OS/c1-17-12-14-20(15-13-17)25-21(31)16-32-24-29-22(26-18-8-4-2-5-9-18)28-23(30-24)27-19-10-6-3-7-11-19/h2-15H,16H2,1H3,(H,25,31)(H2,26,27,28,29,30). The Kier molecular flexibility index (Phi) is 6.94. The molecule has 1 amide bonds. The first kappa shape index (κ1) is 21.3. The van der Waals surface area contributed by atoms with Crippen molar-refractivity contribution < 1.29 is 4.79 Å². The summed E-state index contributed by atoms with van der Waals surface area (Å²) in [6.07, 6.45) is 0. The molecule has 0 bridgehead atoms. The van der Waals surface area contributed by atoms with Gasteiger partial charge in [0.1, 0.15) is 0 Å². The van der Waals surface area contributed by atoms with Gasteiger partial charge in [-0.1, -0.05) is 65.9 Å². The average Bonchev–Trinajstić information content (AvgIpc) is 2.80. The van der Waals surface area contributed by atoms with Gasteiger partial charge in [0, 0.05) is 17.1 Å². The SMILES string of the molecule is Cc1ccc(NC(=O)CSc2nc(Nc3ccccc3)nc(Nc3ccccc3)n2)cc1. The number of para-hydroxylation sites is 2. The predicted octanol–water partition coefficient (Wildman–Crippen LogP) is 5.40. The molecular formula is C24H22N6OS. The first-order chi connectivity index (χ1) is 15.6. The van der Waals surface area contributed by atoms with Crippen molar-refractivity contribution in [2.75, 3.05) is 21.7 Å². The van der Waals surface area contributed by atoms with Crippen LogP contribution in [0.2, 0.25) is 0 Å². The minimum absolute atomic E-state index is 0.130. The number of aromatic nitrogens is 3. The van der Waals surface area contributed by atoms with Gasteiger partial charge < -0.3 is 16.0 Å². The van der Waals surface area contributed by atoms with Crippen LogP contribution in [0, 0.1) is 6.92 Å². The van der Waals surface area contributed by atoms with Crippen molar-refractivity contribution in [3.05, 3.63) is 90.5 Å². The lowest BCUT2D eigenvalue weighted by molar-refractivity contribution is -0.113. The van der Waals surface area contributed by atoms with Crippen molar-refractivity contribution in [1.82, 2.24) is 15.0 Å². The number of hydrogen-bond donors (Lipinski definition) is 3. The van der Waals surface area contributed by atoms with Gasteiger partial charge in [-0.3, -0.25) is 4.79 Å². The number of benzene rings is 3. The van der Waals surface area contributed by atoms with Crippen LogP contribution in [-0.2, 0) is 4.79 Å². The normalized spacial score (nSPS) is 10.4. The van der Waals surface area contributed by atoms with E-state index in [0.717, 1.165) is 22.6 Å². The predicted molar refractivity (Wildman–Crippen MR) is 130 cm³/mol. The molecule has 3 aromatic carbocycles. The minimum Gasteiger partial charge on any atom is -0.325 e. The molecule has 0 radical (unpaired) electrons. The Balaban J connectivity index is 1.48. The van der Waals surface area contributed by atoms with E-state index in [1.807, 2.05) is 91.9 Å². The highest BCUT2D eigenvalue weighted by atomic mass is 32.2. The Morgan fingerprint density at radius 3 is 1.78 bits per heavy atom. The van der Waals surface area contributed by atoms with Crippen molar-refractivity contribution in [3.8, 4) is 0 Å². The van der Waals surface area contributed by atoms with Crippen LogP contribution in [0.5, 0.6) is 0 Å². The maximum absolute atomic E-state index is 12.4. The summed E-state index contributed by atoms with van der Waals surface area (Å²) in [5, 5.41) is 9.70. The average molecular weight is 443 g/mol. The van der Waals surface area contributed by atoms with Crippen LogP contribution in [0.1, 0.15) is 5.56 Å². The Morgan fingerprint density at radius 2 is 1.25 bits per heavy atom. The minimum atomic E-state index is -0.130. The van der Waals surface area contributed by atoms with Crippen molar-refractivity contribution in [2.45, 2.75) is 12.1 Å². The molecule has 8 heteroatoms. The lowest BCUT2D eigenvalue weighted by Gasteiger charge is -2.10. The smallest absolute Gasteiger partial charge is 0.234 e. The molecule has 0 saturated heterocycles. The molecule has 0 saturated carbocycles. The van der Waals surface area contributed by atoms with Gasteiger partial charge in [-0.15, -0.1) is 0 Å². The number of rotatable bonds is 8. The van der Waals surface area contributed by atoms with Crippen LogP contribution < -0.4 is 16.0 Å². The number of nitrogens with one attached hydrogen (secondary N) is 3. The third kappa shape index (κ3) is 6.29. The highest BCUT2D eigenvalue weighted by Gasteiger charge is 2.11. The molecule has 4 aromatic rings. The summed E-state index contributed by atoms with van der Waals surface area (Å²) in [5.41, 5.74) is 3.61. The van der Waals surface area contributed by atoms with Gasteiger partial charge in [-0.05, 0) is 43.3 Å². The van der Waals surface area contributed by atoms with Gasteiger partial charge in [-0.25, -0.2) is 0 Å². The Morgan fingerprint density at radius 1 is 0.719 bits per heavy atom. The van der Waals surface area contributed by atoms with E-state index >= 15 is 0 Å². The zero-order chi connectivity index (χ0) is 22.2. The van der Waals surface area contributed by atoms with Crippen LogP contribution >= 0.6 is 11.8 Å². The van der Waals surface area contributed by atoms with Crippen molar-refractivity contribution >= 4 is 46.6 Å². The van der Waals surface area contributed by atoms with Gasteiger partial charge in [0.25, 0.3) is 0 Å². The fourth-order valence-corrected chi connectivity index (χ4v) is 3.43. The second-order valence-corrected chi connectivity index (χ2v) is 7.89. The lowest BCUT2D eigenvalue weighted by atomic mass is 10.2. The number of aryl methyl sites for hydroxylation is 1. The van der Waals surface area contributed by atoms with E-state index < -0.39 is 0 Å². The molecule has 160 valence electrons. The van der Waals surface area contributed by atoms with E-state index in [4.69, 9.17) is 0 Å². The molecule has 0 aliphatic rings. The number of carbonyl (C=O) groups excluding carboxylic acids is 1. The van der Waals surface area contributed by atoms with Crippen LogP contribution in [0.4, 0.5) is 29.0 Å². The van der Waals surface area contributed by atoms with E-state index in [1.165, 1.54) is 11.8 Å². The van der Waals surface area contributed by atoms with Crippen LogP contribution in [0.15, 0.2) is 90.1 Å². The van der Waals surface area contributed by atoms with E-state index in [1.54, 1.807) is 0 Å². The summed E-state index contributed by atoms with van der Waals surface area (Å²) in [5.74, 6) is 0.833. The van der Waals surface area contributed by atoms with E-state index in [9.17, 15) is 4.79 Å². The number of thioether (sulfide) groups is 1. The molecule has 0 spiro atoms. The quantitative estimate of drug-likeness (QED) is 0.315. The second kappa shape index (κ2) is 10.4. The molecule has 4 rings (SSSR count). The Labute approximate surface area is 190 Å². The lowest BCUT2D eigenvalue weighted by Crippen LogP contribution is -2.14. The van der Waals surface area contributed by atoms with Gasteiger partial charge in [0.2, 0.25) is 17.8 Å². The molecule has 0 unspecified atom stereocenters. The molecule has 7 nitrogen and oxygen atoms in total. The first-order valence-corrected chi connectivity index (χ1v) is 11.0. The highest BCUT2D eigenvalue weighted by Crippen LogP contribution is 2.21. The van der Waals surface area contributed by atoms with Crippen molar-refractivity contribution in [1.29, 1.82) is 0 Å². The molecular weight excluding hydrogens is 420 g/mol. The summed E-state index contributed by atoms with van der Waals surface area (Å²) < 4.78 is 0. The number of nitrogens with zero attached hydrogens (tertiary/aromatic N) is 3. The van der Waals surface area contributed by atoms with Crippen LogP contribution in [-0.4, -0.2) is 26.6 Å². The monoisotopic (exact) mass is 442 g/mol. The number of amides is 1. The molecule has 1 heterocycles. The van der Waals surface area contributed by atoms with Crippen LogP contribution in [0.25, 0.3) is 0 Å². The largest absolute Gasteiger partial charge is 0.325 e. The van der Waals surface area contributed by atoms with Crippen LogP contribution in [0.3, 0.4) is 0 Å². The van der Waals surface area contributed by atoms with E-state index in [2.05, 4.69) is 30.9 Å². The zero-order valence-electron chi connectivity index (χ0n) is 17.4. The van der Waals surface area contributed by atoms with Gasteiger partial charge in [0.05, 0.1) is 5.75 Å². The third-order valence-electron chi connectivity index (χ3n) is 4.34. The maximum atomic E-state index is 12.4. The van der Waals surface area contributed by atoms with Crippen molar-refractivity contribution in [3.63, 3.8) is 0 Å². The summed E-state index contributed by atoms with van der Waals surface area (Å²) in [6, 6.07) is 27.0. The first-order valence-electron chi connectivity index (χ1n) is 10.0. The van der Waals surface area contributed by atoms with Gasteiger partial charge >= 0.3 is 0 Å². The zero-order valence-corrected chi connectivity index (χ0v) is 18.3. The fourth-order valence-electron chi connectivity index (χ4n) is 2.80.